The smallest absolute Gasteiger partial charge is 0.236 e. The predicted octanol–water partition coefficient (Wildman–Crippen LogP) is 2.29. The molecule has 0 spiro atoms. The van der Waals surface area contributed by atoms with Crippen molar-refractivity contribution in [3.8, 4) is 0 Å². The van der Waals surface area contributed by atoms with Crippen molar-refractivity contribution in [2.45, 2.75) is 42.8 Å². The van der Waals surface area contributed by atoms with Crippen LogP contribution < -0.4 is 11.1 Å². The van der Waals surface area contributed by atoms with E-state index in [-0.39, 0.29) is 11.4 Å². The van der Waals surface area contributed by atoms with Gasteiger partial charge in [-0.15, -0.1) is 11.3 Å². The highest BCUT2D eigenvalue weighted by molar-refractivity contribution is 7.88. The van der Waals surface area contributed by atoms with Crippen LogP contribution in [0.1, 0.15) is 27.7 Å². The van der Waals surface area contributed by atoms with Crippen molar-refractivity contribution in [3.05, 3.63) is 18.2 Å². The average Bonchev–Trinajstić information content (AvgIpc) is 2.77. The summed E-state index contributed by atoms with van der Waals surface area (Å²) >= 11 is 1.31. The summed E-state index contributed by atoms with van der Waals surface area (Å²) in [5.41, 5.74) is 6.77. The van der Waals surface area contributed by atoms with Crippen molar-refractivity contribution in [1.29, 1.82) is 0 Å². The number of hydrogen-bond donors (Lipinski definition) is 2. The van der Waals surface area contributed by atoms with Gasteiger partial charge in [-0.1, -0.05) is 0 Å². The summed E-state index contributed by atoms with van der Waals surface area (Å²) in [6.07, 6.45) is 0. The number of rotatable bonds is 3. The van der Waals surface area contributed by atoms with Gasteiger partial charge in [0.05, 0.1) is 21.0 Å². The number of nitrogens with two attached hydrogens (primary N) is 1. The Balaban J connectivity index is 2.23. The van der Waals surface area contributed by atoms with Crippen molar-refractivity contribution >= 4 is 43.9 Å². The van der Waals surface area contributed by atoms with Gasteiger partial charge < -0.3 is 11.1 Å². The van der Waals surface area contributed by atoms with E-state index in [0.717, 1.165) is 10.2 Å². The van der Waals surface area contributed by atoms with E-state index in [1.54, 1.807) is 25.1 Å². The van der Waals surface area contributed by atoms with E-state index in [9.17, 15) is 9.00 Å². The van der Waals surface area contributed by atoms with Crippen molar-refractivity contribution in [1.82, 2.24) is 10.3 Å². The number of nitrogens with one attached hydrogen (secondary N) is 1. The molecule has 2 rings (SSSR count). The van der Waals surface area contributed by atoms with Gasteiger partial charge in [0, 0.05) is 11.2 Å². The van der Waals surface area contributed by atoms with E-state index in [1.807, 2.05) is 20.8 Å². The monoisotopic (exact) mass is 325 g/mol. The standard InChI is InChI=1S/C14H19N3O2S2/c1-8(12(18)17-14(2,3)4)21(19)13-16-10-6-5-9(15)7-11(10)20-13/h5-8H,15H2,1-4H3,(H,17,18). The fraction of sp³-hybridized carbons (Fsp3) is 0.429. The molecule has 114 valence electrons. The molecular weight excluding hydrogens is 306 g/mol. The second-order valence-electron chi connectivity index (χ2n) is 5.89. The van der Waals surface area contributed by atoms with Crippen LogP contribution in [-0.2, 0) is 15.6 Å². The third-order valence-corrected chi connectivity index (χ3v) is 5.60. The van der Waals surface area contributed by atoms with Crippen LogP contribution in [0.5, 0.6) is 0 Å². The Morgan fingerprint density at radius 2 is 2.10 bits per heavy atom. The molecule has 0 radical (unpaired) electrons. The van der Waals surface area contributed by atoms with E-state index >= 15 is 0 Å². The fourth-order valence-electron chi connectivity index (χ4n) is 1.73. The summed E-state index contributed by atoms with van der Waals surface area (Å²) in [6.45, 7) is 7.32. The van der Waals surface area contributed by atoms with Crippen molar-refractivity contribution in [2.75, 3.05) is 5.73 Å². The number of nitrogen functional groups attached to an aromatic ring is 1. The molecule has 1 heterocycles. The number of amides is 1. The zero-order valence-electron chi connectivity index (χ0n) is 12.5. The molecule has 3 N–H and O–H groups in total. The van der Waals surface area contributed by atoms with Crippen LogP contribution in [0.2, 0.25) is 0 Å². The van der Waals surface area contributed by atoms with Gasteiger partial charge >= 0.3 is 0 Å². The first-order chi connectivity index (χ1) is 9.67. The molecule has 5 nitrogen and oxygen atoms in total. The maximum Gasteiger partial charge on any atom is 0.236 e. The number of aromatic nitrogens is 1. The van der Waals surface area contributed by atoms with Crippen LogP contribution >= 0.6 is 11.3 Å². The van der Waals surface area contributed by atoms with Gasteiger partial charge in [0.1, 0.15) is 5.25 Å². The summed E-state index contributed by atoms with van der Waals surface area (Å²) in [4.78, 5) is 16.4. The summed E-state index contributed by atoms with van der Waals surface area (Å²) < 4.78 is 13.8. The average molecular weight is 325 g/mol. The van der Waals surface area contributed by atoms with Gasteiger partial charge in [0.25, 0.3) is 0 Å². The lowest BCUT2D eigenvalue weighted by atomic mass is 10.1. The van der Waals surface area contributed by atoms with Crippen molar-refractivity contribution in [3.63, 3.8) is 0 Å². The number of nitrogens with zero attached hydrogens (tertiary/aromatic N) is 1. The van der Waals surface area contributed by atoms with E-state index < -0.39 is 16.0 Å². The zero-order chi connectivity index (χ0) is 15.8. The zero-order valence-corrected chi connectivity index (χ0v) is 14.1. The highest BCUT2D eigenvalue weighted by Gasteiger charge is 2.26. The topological polar surface area (TPSA) is 85.1 Å². The van der Waals surface area contributed by atoms with Crippen molar-refractivity contribution in [2.24, 2.45) is 0 Å². The normalized spacial score (nSPS) is 14.9. The molecule has 0 saturated heterocycles. The first-order valence-corrected chi connectivity index (χ1v) is 8.59. The van der Waals surface area contributed by atoms with Crippen LogP contribution in [0.15, 0.2) is 22.5 Å². The maximum atomic E-state index is 12.5. The minimum atomic E-state index is -1.48. The quantitative estimate of drug-likeness (QED) is 0.848. The van der Waals surface area contributed by atoms with Gasteiger partial charge in [0.2, 0.25) is 5.91 Å². The number of thiazole rings is 1. The SMILES string of the molecule is CC(C(=O)NC(C)(C)C)S(=O)c1nc2ccc(N)cc2s1. The Kier molecular flexibility index (Phi) is 4.34. The minimum absolute atomic E-state index is 0.236. The third-order valence-electron chi connectivity index (χ3n) is 2.75. The van der Waals surface area contributed by atoms with Gasteiger partial charge in [-0.3, -0.25) is 9.00 Å². The van der Waals surface area contributed by atoms with E-state index in [2.05, 4.69) is 10.3 Å². The van der Waals surface area contributed by atoms with Gasteiger partial charge in [0.15, 0.2) is 4.34 Å². The Morgan fingerprint density at radius 1 is 1.43 bits per heavy atom. The lowest BCUT2D eigenvalue weighted by molar-refractivity contribution is -0.121. The Bertz CT molecular complexity index is 704. The lowest BCUT2D eigenvalue weighted by Gasteiger charge is -2.22. The number of benzene rings is 1. The second-order valence-corrected chi connectivity index (χ2v) is 8.86. The Labute approximate surface area is 130 Å². The second kappa shape index (κ2) is 5.73. The third kappa shape index (κ3) is 3.79. The predicted molar refractivity (Wildman–Crippen MR) is 87.8 cm³/mol. The summed E-state index contributed by atoms with van der Waals surface area (Å²) in [5, 5.41) is 2.19. The first kappa shape index (κ1) is 15.9. The number of carbonyl (C=O) groups is 1. The molecule has 2 aromatic rings. The molecule has 0 aliphatic carbocycles. The molecule has 0 saturated carbocycles. The van der Waals surface area contributed by atoms with Crippen LogP contribution in [0.25, 0.3) is 10.2 Å². The highest BCUT2D eigenvalue weighted by atomic mass is 32.2. The molecule has 21 heavy (non-hydrogen) atoms. The molecule has 0 bridgehead atoms. The molecule has 7 heteroatoms. The molecule has 0 aliphatic rings. The van der Waals surface area contributed by atoms with E-state index in [0.29, 0.717) is 10.0 Å². The lowest BCUT2D eigenvalue weighted by Crippen LogP contribution is -2.46. The first-order valence-electron chi connectivity index (χ1n) is 6.56. The molecule has 2 atom stereocenters. The maximum absolute atomic E-state index is 12.5. The highest BCUT2D eigenvalue weighted by Crippen LogP contribution is 2.27. The van der Waals surface area contributed by atoms with Crippen LogP contribution in [0, 0.1) is 0 Å². The molecule has 2 unspecified atom stereocenters. The summed E-state index contributed by atoms with van der Waals surface area (Å²) in [7, 11) is -1.48. The summed E-state index contributed by atoms with van der Waals surface area (Å²) in [5.74, 6) is -0.236. The van der Waals surface area contributed by atoms with Crippen LogP contribution in [0.4, 0.5) is 5.69 Å². The molecule has 0 aliphatic heterocycles. The molecule has 0 fully saturated rings. The van der Waals surface area contributed by atoms with Gasteiger partial charge in [-0.25, -0.2) is 4.98 Å². The Hall–Kier alpha value is -1.47. The van der Waals surface area contributed by atoms with Gasteiger partial charge in [-0.2, -0.15) is 0 Å². The minimum Gasteiger partial charge on any atom is -0.399 e. The summed E-state index contributed by atoms with van der Waals surface area (Å²) in [6, 6.07) is 5.35. The number of fused-ring (bicyclic) bond motifs is 1. The molecule has 1 amide bonds. The van der Waals surface area contributed by atoms with Crippen molar-refractivity contribution < 1.29 is 9.00 Å². The van der Waals surface area contributed by atoms with Gasteiger partial charge in [-0.05, 0) is 45.9 Å². The van der Waals surface area contributed by atoms with Crippen LogP contribution in [-0.4, -0.2) is 25.9 Å². The fourth-order valence-corrected chi connectivity index (χ4v) is 4.25. The number of carbonyl (C=O) groups excluding carboxylic acids is 1. The number of anilines is 1. The Morgan fingerprint density at radius 3 is 2.71 bits per heavy atom. The largest absolute Gasteiger partial charge is 0.399 e. The van der Waals surface area contributed by atoms with E-state index in [1.165, 1.54) is 11.3 Å². The molecule has 1 aromatic carbocycles. The molecule has 1 aromatic heterocycles. The molecular formula is C14H19N3O2S2. The number of hydrogen-bond acceptors (Lipinski definition) is 5. The van der Waals surface area contributed by atoms with E-state index in [4.69, 9.17) is 5.73 Å². The van der Waals surface area contributed by atoms with Crippen LogP contribution in [0.3, 0.4) is 0 Å².